The molecule has 0 heterocycles. The van der Waals surface area contributed by atoms with E-state index >= 15 is 0 Å². The second kappa shape index (κ2) is 11.4. The van der Waals surface area contributed by atoms with Crippen LogP contribution in [-0.4, -0.2) is 9.85 Å². The third-order valence-corrected chi connectivity index (χ3v) is 6.21. The lowest BCUT2D eigenvalue weighted by atomic mass is 10.0. The maximum Gasteiger partial charge on any atom is 0.420 e. The first-order chi connectivity index (χ1) is 19.7. The average molecular weight is 610 g/mol. The van der Waals surface area contributed by atoms with E-state index in [0.29, 0.717) is 23.8 Å². The van der Waals surface area contributed by atoms with Gasteiger partial charge in [0.2, 0.25) is 0 Å². The summed E-state index contributed by atoms with van der Waals surface area (Å²) in [6, 6.07) is 13.2. The maximum absolute atomic E-state index is 13.9. The minimum atomic E-state index is -5.18. The summed E-state index contributed by atoms with van der Waals surface area (Å²) in [5.74, 6) is -3.31. The summed E-state index contributed by atoms with van der Waals surface area (Å²) < 4.78 is 107. The predicted molar refractivity (Wildman–Crippen MR) is 135 cm³/mol. The van der Waals surface area contributed by atoms with Crippen molar-refractivity contribution in [3.8, 4) is 34.1 Å². The fourth-order valence-corrected chi connectivity index (χ4v) is 4.14. The fraction of sp³-hybridized carbons (Fsp3) is 0.0769. The monoisotopic (exact) mass is 610 g/mol. The van der Waals surface area contributed by atoms with Crippen molar-refractivity contribution < 1.29 is 50.2 Å². The van der Waals surface area contributed by atoms with Gasteiger partial charge in [0.05, 0.1) is 15.2 Å². The molecule has 0 atom stereocenters. The molecule has 42 heavy (non-hydrogen) atoms. The number of hydrogen-bond donors (Lipinski definition) is 0. The topological polar surface area (TPSA) is 122 Å². The number of halogens is 6. The Morgan fingerprint density at radius 1 is 0.643 bits per heavy atom. The van der Waals surface area contributed by atoms with E-state index < -0.39 is 76.2 Å². The van der Waals surface area contributed by atoms with Crippen LogP contribution in [0.25, 0.3) is 11.1 Å². The zero-order valence-electron chi connectivity index (χ0n) is 20.5. The molecular weight excluding hydrogens is 597 g/mol. The van der Waals surface area contributed by atoms with Crippen LogP contribution >= 0.6 is 8.46 Å². The van der Waals surface area contributed by atoms with E-state index in [1.165, 1.54) is 18.2 Å². The van der Waals surface area contributed by atoms with Crippen LogP contribution in [0, 0.1) is 20.2 Å². The van der Waals surface area contributed by atoms with E-state index in [2.05, 4.69) is 0 Å². The van der Waals surface area contributed by atoms with Gasteiger partial charge in [0, 0.05) is 29.8 Å². The largest absolute Gasteiger partial charge is 0.452 e. The van der Waals surface area contributed by atoms with Crippen LogP contribution < -0.4 is 14.8 Å². The number of benzene rings is 4. The highest BCUT2D eigenvalue weighted by Crippen LogP contribution is 2.48. The van der Waals surface area contributed by atoms with Gasteiger partial charge in [-0.25, -0.2) is 0 Å². The number of nitrogens with zero attached hydrogens (tertiary/aromatic N) is 2. The SMILES string of the molecule is O=Pc1ccc(-c2ccccc2)c(Oc2ccc([N+](=O)[O-])cc2C(F)(F)F)c1Oc1ccc([N+](=O)[O-])cc1C(F)(F)F. The Labute approximate surface area is 232 Å². The summed E-state index contributed by atoms with van der Waals surface area (Å²) in [7, 11) is -0.841. The van der Waals surface area contributed by atoms with Crippen molar-refractivity contribution in [3.05, 3.63) is 110 Å². The molecule has 9 nitrogen and oxygen atoms in total. The molecule has 16 heteroatoms. The van der Waals surface area contributed by atoms with E-state index in [0.717, 1.165) is 12.1 Å². The van der Waals surface area contributed by atoms with E-state index in [4.69, 9.17) is 9.47 Å². The second-order valence-electron chi connectivity index (χ2n) is 8.32. The Morgan fingerprint density at radius 3 is 1.55 bits per heavy atom. The lowest BCUT2D eigenvalue weighted by Crippen LogP contribution is -2.11. The smallest absolute Gasteiger partial charge is 0.420 e. The quantitative estimate of drug-likeness (QED) is 0.0846. The van der Waals surface area contributed by atoms with Crippen molar-refractivity contribution in [2.75, 3.05) is 0 Å². The van der Waals surface area contributed by atoms with Gasteiger partial charge in [-0.05, 0) is 29.8 Å². The van der Waals surface area contributed by atoms with Gasteiger partial charge in [-0.2, -0.15) is 26.3 Å². The number of nitro benzene ring substituents is 2. The summed E-state index contributed by atoms with van der Waals surface area (Å²) in [5.41, 5.74) is -4.75. The van der Waals surface area contributed by atoms with Crippen LogP contribution in [0.1, 0.15) is 11.1 Å². The van der Waals surface area contributed by atoms with Crippen molar-refractivity contribution in [2.24, 2.45) is 0 Å². The molecule has 4 aromatic carbocycles. The molecule has 0 radical (unpaired) electrons. The summed E-state index contributed by atoms with van der Waals surface area (Å²) in [5, 5.41) is 21.9. The molecule has 4 rings (SSSR count). The van der Waals surface area contributed by atoms with E-state index in [-0.39, 0.29) is 23.0 Å². The Bertz CT molecular complexity index is 1700. The Morgan fingerprint density at radius 2 is 1.12 bits per heavy atom. The molecule has 0 aliphatic carbocycles. The Hall–Kier alpha value is -5.04. The zero-order valence-corrected chi connectivity index (χ0v) is 21.4. The van der Waals surface area contributed by atoms with Gasteiger partial charge < -0.3 is 9.47 Å². The molecule has 0 spiro atoms. The Kier molecular flexibility index (Phi) is 8.16. The van der Waals surface area contributed by atoms with Gasteiger partial charge in [-0.15, -0.1) is 0 Å². The van der Waals surface area contributed by atoms with Gasteiger partial charge in [0.25, 0.3) is 11.4 Å². The molecule has 0 aliphatic rings. The van der Waals surface area contributed by atoms with Crippen molar-refractivity contribution in [1.82, 2.24) is 0 Å². The summed E-state index contributed by atoms with van der Waals surface area (Å²) in [6.45, 7) is 0. The van der Waals surface area contributed by atoms with Gasteiger partial charge in [-0.1, -0.05) is 30.3 Å². The minimum Gasteiger partial charge on any atom is -0.452 e. The number of hydrogen-bond acceptors (Lipinski definition) is 7. The summed E-state index contributed by atoms with van der Waals surface area (Å²) >= 11 is 0. The van der Waals surface area contributed by atoms with Crippen LogP contribution in [0.5, 0.6) is 23.0 Å². The molecular formula is C26H13F6N2O7P. The molecule has 0 saturated heterocycles. The van der Waals surface area contributed by atoms with Gasteiger partial charge in [-0.3, -0.25) is 24.8 Å². The lowest BCUT2D eigenvalue weighted by molar-refractivity contribution is -0.385. The lowest BCUT2D eigenvalue weighted by Gasteiger charge is -2.21. The minimum absolute atomic E-state index is 0.0139. The number of rotatable bonds is 8. The number of alkyl halides is 6. The molecule has 0 aliphatic heterocycles. The standard InChI is InChI=1S/C26H13F6N2O7P/c27-25(28,29)18-12-15(33(35)36)6-9-20(18)40-23-17(14-4-2-1-3-5-14)8-11-22(42-39)24(23)41-21-10-7-16(34(37)38)13-19(21)26(30,31)32/h1-13H. The zero-order chi connectivity index (χ0) is 30.8. The van der Waals surface area contributed by atoms with Crippen LogP contribution in [0.2, 0.25) is 0 Å². The van der Waals surface area contributed by atoms with Crippen molar-refractivity contribution in [1.29, 1.82) is 0 Å². The van der Waals surface area contributed by atoms with Gasteiger partial charge >= 0.3 is 12.4 Å². The second-order valence-corrected chi connectivity index (χ2v) is 8.99. The molecule has 4 aromatic rings. The first-order valence-corrected chi connectivity index (χ1v) is 12.1. The molecule has 0 amide bonds. The molecule has 0 aromatic heterocycles. The first-order valence-electron chi connectivity index (χ1n) is 11.3. The van der Waals surface area contributed by atoms with E-state index in [1.54, 1.807) is 18.2 Å². The molecule has 216 valence electrons. The van der Waals surface area contributed by atoms with Crippen molar-refractivity contribution in [2.45, 2.75) is 12.4 Å². The molecule has 0 N–H and O–H groups in total. The number of nitro groups is 2. The molecule has 0 unspecified atom stereocenters. The highest BCUT2D eigenvalue weighted by Gasteiger charge is 2.39. The summed E-state index contributed by atoms with van der Waals surface area (Å²) in [6.07, 6.45) is -10.4. The maximum atomic E-state index is 13.9. The van der Waals surface area contributed by atoms with Gasteiger partial charge in [0.1, 0.15) is 22.6 Å². The third kappa shape index (κ3) is 6.31. The Balaban J connectivity index is 2.00. The van der Waals surface area contributed by atoms with Crippen LogP contribution in [0.3, 0.4) is 0 Å². The fourth-order valence-electron chi connectivity index (χ4n) is 3.77. The molecule has 0 saturated carbocycles. The van der Waals surface area contributed by atoms with Crippen LogP contribution in [0.15, 0.2) is 78.9 Å². The third-order valence-electron chi connectivity index (χ3n) is 5.66. The highest BCUT2D eigenvalue weighted by molar-refractivity contribution is 7.34. The molecule has 0 bridgehead atoms. The molecule has 0 fully saturated rings. The van der Waals surface area contributed by atoms with E-state index in [9.17, 15) is 51.1 Å². The normalized spacial score (nSPS) is 11.8. The van der Waals surface area contributed by atoms with E-state index in [1.807, 2.05) is 0 Å². The predicted octanol–water partition coefficient (Wildman–Crippen LogP) is 8.71. The van der Waals surface area contributed by atoms with Crippen molar-refractivity contribution >= 4 is 25.1 Å². The number of ether oxygens (including phenoxy) is 2. The average Bonchev–Trinajstić information content (AvgIpc) is 2.93. The summed E-state index contributed by atoms with van der Waals surface area (Å²) in [4.78, 5) is 20.1. The first kappa shape index (κ1) is 29.9. The van der Waals surface area contributed by atoms with Crippen molar-refractivity contribution in [3.63, 3.8) is 0 Å². The van der Waals surface area contributed by atoms with Gasteiger partial charge in [0.15, 0.2) is 20.0 Å². The van der Waals surface area contributed by atoms with Crippen LogP contribution in [-0.2, 0) is 16.9 Å². The number of non-ortho nitro benzene ring substituents is 2. The highest BCUT2D eigenvalue weighted by atomic mass is 31.1. The van der Waals surface area contributed by atoms with Crippen LogP contribution in [0.4, 0.5) is 37.7 Å².